The first-order valence-corrected chi connectivity index (χ1v) is 5.18. The topological polar surface area (TPSA) is 34.1 Å². The number of rotatable bonds is 3. The van der Waals surface area contributed by atoms with Gasteiger partial charge in [-0.05, 0) is 31.0 Å². The van der Waals surface area contributed by atoms with Crippen LogP contribution in [-0.2, 0) is 4.79 Å². The van der Waals surface area contributed by atoms with Gasteiger partial charge in [-0.15, -0.1) is 0 Å². The molecule has 74 valence electrons. The molecular weight excluding hydrogens is 244 g/mol. The lowest BCUT2D eigenvalue weighted by atomic mass is 10.0. The van der Waals surface area contributed by atoms with E-state index in [0.717, 1.165) is 17.4 Å². The van der Waals surface area contributed by atoms with E-state index in [0.29, 0.717) is 5.56 Å². The minimum absolute atomic E-state index is 0.0381. The van der Waals surface area contributed by atoms with Crippen molar-refractivity contribution in [1.82, 2.24) is 0 Å². The number of carbonyl (C=O) groups excluding carboxylic acids is 2. The Labute approximate surface area is 91.4 Å². The summed E-state index contributed by atoms with van der Waals surface area (Å²) in [5.74, 6) is 0.0381. The molecule has 0 radical (unpaired) electrons. The maximum atomic E-state index is 11.2. The smallest absolute Gasteiger partial charge is 0.150 e. The zero-order valence-corrected chi connectivity index (χ0v) is 9.67. The predicted octanol–water partition coefficient (Wildman–Crippen LogP) is 2.83. The Hall–Kier alpha value is -0.960. The molecule has 0 fully saturated rings. The Bertz CT molecular complexity index is 372. The highest BCUT2D eigenvalue weighted by molar-refractivity contribution is 9.09. The van der Waals surface area contributed by atoms with E-state index in [1.54, 1.807) is 12.1 Å². The van der Waals surface area contributed by atoms with E-state index in [9.17, 15) is 9.59 Å². The highest BCUT2D eigenvalue weighted by atomic mass is 79.9. The molecule has 3 heteroatoms. The van der Waals surface area contributed by atoms with Crippen molar-refractivity contribution in [3.63, 3.8) is 0 Å². The molecule has 1 aromatic rings. The monoisotopic (exact) mass is 254 g/mol. The maximum absolute atomic E-state index is 11.2. The number of carbonyl (C=O) groups is 2. The fourth-order valence-corrected chi connectivity index (χ4v) is 1.72. The normalized spacial score (nSPS) is 12.2. The van der Waals surface area contributed by atoms with Crippen LogP contribution < -0.4 is 0 Å². The highest BCUT2D eigenvalue weighted by Gasteiger charge is 2.14. The number of hydrogen-bond donors (Lipinski definition) is 0. The summed E-state index contributed by atoms with van der Waals surface area (Å²) >= 11 is 3.30. The molecule has 0 saturated carbocycles. The molecule has 1 rings (SSSR count). The molecule has 1 unspecified atom stereocenters. The number of hydrogen-bond acceptors (Lipinski definition) is 2. The summed E-state index contributed by atoms with van der Waals surface area (Å²) in [4.78, 5) is 21.4. The van der Waals surface area contributed by atoms with E-state index in [1.165, 1.54) is 6.92 Å². The average Bonchev–Trinajstić information content (AvgIpc) is 2.17. The van der Waals surface area contributed by atoms with Gasteiger partial charge in [-0.25, -0.2) is 0 Å². The first-order chi connectivity index (χ1) is 6.56. The van der Waals surface area contributed by atoms with Crippen LogP contribution >= 0.6 is 15.9 Å². The molecule has 14 heavy (non-hydrogen) atoms. The van der Waals surface area contributed by atoms with Gasteiger partial charge in [-0.1, -0.05) is 28.1 Å². The van der Waals surface area contributed by atoms with E-state index in [1.807, 2.05) is 13.0 Å². The molecule has 1 atom stereocenters. The number of alkyl halides is 1. The molecular formula is C11H11BrO2. The minimum atomic E-state index is -0.317. The van der Waals surface area contributed by atoms with Gasteiger partial charge in [-0.3, -0.25) is 9.59 Å². The number of Topliss-reactive ketones (excluding diaryl/α,β-unsaturated/α-hetero) is 1. The summed E-state index contributed by atoms with van der Waals surface area (Å²) < 4.78 is 0. The third kappa shape index (κ3) is 2.29. The number of aldehydes is 1. The van der Waals surface area contributed by atoms with Crippen LogP contribution in [0.3, 0.4) is 0 Å². The molecule has 0 amide bonds. The van der Waals surface area contributed by atoms with E-state index in [-0.39, 0.29) is 10.6 Å². The zero-order valence-electron chi connectivity index (χ0n) is 8.08. The third-order valence-corrected chi connectivity index (χ3v) is 3.21. The molecule has 0 aromatic heterocycles. The fraction of sp³-hybridized carbons (Fsp3) is 0.273. The molecule has 2 nitrogen and oxygen atoms in total. The van der Waals surface area contributed by atoms with Crippen LogP contribution in [0.4, 0.5) is 0 Å². The fourth-order valence-electron chi connectivity index (χ4n) is 1.22. The molecule has 0 aliphatic heterocycles. The van der Waals surface area contributed by atoms with Gasteiger partial charge in [0.2, 0.25) is 0 Å². The molecule has 0 N–H and O–H groups in total. The van der Waals surface area contributed by atoms with E-state index >= 15 is 0 Å². The van der Waals surface area contributed by atoms with Gasteiger partial charge in [0.05, 0.1) is 4.83 Å². The molecule has 0 saturated heterocycles. The molecule has 0 heterocycles. The van der Waals surface area contributed by atoms with Crippen LogP contribution in [0.2, 0.25) is 0 Å². The second-order valence-corrected chi connectivity index (χ2v) is 4.12. The Morgan fingerprint density at radius 3 is 2.64 bits per heavy atom. The molecule has 0 aliphatic carbocycles. The van der Waals surface area contributed by atoms with E-state index in [4.69, 9.17) is 0 Å². The van der Waals surface area contributed by atoms with Crippen LogP contribution in [-0.4, -0.2) is 12.1 Å². The zero-order chi connectivity index (χ0) is 10.7. The third-order valence-electron chi connectivity index (χ3n) is 2.07. The van der Waals surface area contributed by atoms with E-state index in [2.05, 4.69) is 15.9 Å². The Kier molecular flexibility index (Phi) is 3.58. The highest BCUT2D eigenvalue weighted by Crippen LogP contribution is 2.27. The van der Waals surface area contributed by atoms with Crippen LogP contribution in [0.1, 0.15) is 33.2 Å². The lowest BCUT2D eigenvalue weighted by Gasteiger charge is -2.10. The van der Waals surface area contributed by atoms with Crippen molar-refractivity contribution in [2.24, 2.45) is 0 Å². The average molecular weight is 255 g/mol. The summed E-state index contributed by atoms with van der Waals surface area (Å²) in [6, 6.07) is 5.32. The van der Waals surface area contributed by atoms with Gasteiger partial charge in [-0.2, -0.15) is 0 Å². The van der Waals surface area contributed by atoms with Gasteiger partial charge in [0.1, 0.15) is 12.1 Å². The second kappa shape index (κ2) is 4.51. The molecule has 0 aliphatic rings. The van der Waals surface area contributed by atoms with Crippen LogP contribution in [0.15, 0.2) is 18.2 Å². The first kappa shape index (κ1) is 11.1. The van der Waals surface area contributed by atoms with E-state index < -0.39 is 0 Å². The second-order valence-electron chi connectivity index (χ2n) is 3.21. The van der Waals surface area contributed by atoms with Crippen molar-refractivity contribution in [2.75, 3.05) is 0 Å². The quantitative estimate of drug-likeness (QED) is 0.614. The molecule has 1 aromatic carbocycles. The van der Waals surface area contributed by atoms with Gasteiger partial charge >= 0.3 is 0 Å². The van der Waals surface area contributed by atoms with Gasteiger partial charge in [0, 0.05) is 5.56 Å². The summed E-state index contributed by atoms with van der Waals surface area (Å²) in [7, 11) is 0. The largest absolute Gasteiger partial charge is 0.298 e. The van der Waals surface area contributed by atoms with Crippen LogP contribution in [0, 0.1) is 6.92 Å². The van der Waals surface area contributed by atoms with Crippen LogP contribution in [0.25, 0.3) is 0 Å². The maximum Gasteiger partial charge on any atom is 0.150 e. The number of aryl methyl sites for hydroxylation is 1. The minimum Gasteiger partial charge on any atom is -0.298 e. The Balaban J connectivity index is 3.18. The molecule has 0 bridgehead atoms. The number of halogens is 1. The summed E-state index contributed by atoms with van der Waals surface area (Å²) in [5, 5.41) is 0. The SMILES string of the molecule is CC(=O)C(Br)c1cc(C=O)ccc1C. The summed E-state index contributed by atoms with van der Waals surface area (Å²) in [6.45, 7) is 3.44. The van der Waals surface area contributed by atoms with Crippen molar-refractivity contribution >= 4 is 28.0 Å². The Morgan fingerprint density at radius 2 is 2.14 bits per heavy atom. The Morgan fingerprint density at radius 1 is 1.50 bits per heavy atom. The van der Waals surface area contributed by atoms with Gasteiger partial charge in [0.25, 0.3) is 0 Å². The number of benzene rings is 1. The predicted molar refractivity (Wildman–Crippen MR) is 58.9 cm³/mol. The number of ketones is 1. The lowest BCUT2D eigenvalue weighted by Crippen LogP contribution is -2.03. The van der Waals surface area contributed by atoms with Crippen molar-refractivity contribution < 1.29 is 9.59 Å². The van der Waals surface area contributed by atoms with Crippen molar-refractivity contribution in [3.05, 3.63) is 34.9 Å². The van der Waals surface area contributed by atoms with Gasteiger partial charge < -0.3 is 0 Å². The summed E-state index contributed by atoms with van der Waals surface area (Å²) in [5.41, 5.74) is 2.46. The first-order valence-electron chi connectivity index (χ1n) is 4.26. The van der Waals surface area contributed by atoms with Gasteiger partial charge in [0.15, 0.2) is 0 Å². The lowest BCUT2D eigenvalue weighted by molar-refractivity contribution is -0.116. The van der Waals surface area contributed by atoms with Crippen molar-refractivity contribution in [1.29, 1.82) is 0 Å². The van der Waals surface area contributed by atoms with Crippen molar-refractivity contribution in [3.8, 4) is 0 Å². The standard InChI is InChI=1S/C11H11BrO2/c1-7-3-4-9(6-13)5-10(7)11(12)8(2)14/h3-6,11H,1-2H3. The van der Waals surface area contributed by atoms with Crippen molar-refractivity contribution in [2.45, 2.75) is 18.7 Å². The molecule has 0 spiro atoms. The summed E-state index contributed by atoms with van der Waals surface area (Å²) in [6.07, 6.45) is 0.781. The van der Waals surface area contributed by atoms with Crippen LogP contribution in [0.5, 0.6) is 0 Å².